The fourth-order valence-electron chi connectivity index (χ4n) is 2.33. The minimum absolute atomic E-state index is 0.181. The molecule has 1 heterocycles. The highest BCUT2D eigenvalue weighted by atomic mass is 32.2. The molecular formula is C18H14N6O3S. The molecule has 0 spiro atoms. The number of aryl methyl sites for hydroxylation is 1. The predicted molar refractivity (Wildman–Crippen MR) is 101 cm³/mol. The molecule has 1 aromatic heterocycles. The van der Waals surface area contributed by atoms with E-state index in [9.17, 15) is 14.9 Å². The number of carbonyl (C=O) groups excluding carboxylic acids is 1. The average molecular weight is 394 g/mol. The number of aromatic nitrogens is 3. The monoisotopic (exact) mass is 394 g/mol. The Kier molecular flexibility index (Phi) is 5.67. The summed E-state index contributed by atoms with van der Waals surface area (Å²) >= 11 is 1.10. The number of nitrogens with zero attached hydrogens (tertiary/aromatic N) is 5. The molecule has 0 saturated carbocycles. The minimum atomic E-state index is -0.532. The van der Waals surface area contributed by atoms with Gasteiger partial charge in [-0.15, -0.1) is 10.2 Å². The number of rotatable bonds is 6. The van der Waals surface area contributed by atoms with Crippen molar-refractivity contribution in [1.29, 1.82) is 5.26 Å². The van der Waals surface area contributed by atoms with E-state index >= 15 is 0 Å². The zero-order valence-corrected chi connectivity index (χ0v) is 15.5. The summed E-state index contributed by atoms with van der Waals surface area (Å²) in [5, 5.41) is 31.1. The summed E-state index contributed by atoms with van der Waals surface area (Å²) in [6, 6.07) is 13.1. The normalized spacial score (nSPS) is 10.3. The molecule has 0 radical (unpaired) electrons. The Morgan fingerprint density at radius 3 is 2.68 bits per heavy atom. The molecule has 1 N–H and O–H groups in total. The van der Waals surface area contributed by atoms with Gasteiger partial charge in [-0.2, -0.15) is 5.26 Å². The van der Waals surface area contributed by atoms with Gasteiger partial charge in [-0.1, -0.05) is 12.1 Å². The molecule has 0 aliphatic heterocycles. The molecule has 140 valence electrons. The molecule has 0 fully saturated rings. The Balaban J connectivity index is 1.75. The fourth-order valence-corrected chi connectivity index (χ4v) is 3.18. The second kappa shape index (κ2) is 8.32. The van der Waals surface area contributed by atoms with Crippen molar-refractivity contribution in [3.05, 3.63) is 75.6 Å². The first kappa shape index (κ1) is 19.1. The lowest BCUT2D eigenvalue weighted by Gasteiger charge is -2.07. The molecule has 1 amide bonds. The van der Waals surface area contributed by atoms with Gasteiger partial charge >= 0.3 is 0 Å². The van der Waals surface area contributed by atoms with Gasteiger partial charge in [0.05, 0.1) is 21.5 Å². The molecule has 28 heavy (non-hydrogen) atoms. The van der Waals surface area contributed by atoms with Crippen LogP contribution in [0, 0.1) is 21.4 Å². The molecule has 0 saturated heterocycles. The zero-order chi connectivity index (χ0) is 20.1. The van der Waals surface area contributed by atoms with E-state index in [2.05, 4.69) is 15.5 Å². The van der Waals surface area contributed by atoms with E-state index in [1.54, 1.807) is 35.9 Å². The molecule has 0 atom stereocenters. The molecule has 10 heteroatoms. The van der Waals surface area contributed by atoms with E-state index in [0.29, 0.717) is 15.6 Å². The van der Waals surface area contributed by atoms with Crippen LogP contribution in [0.15, 0.2) is 58.8 Å². The van der Waals surface area contributed by atoms with Crippen LogP contribution in [0.5, 0.6) is 0 Å². The lowest BCUT2D eigenvalue weighted by Crippen LogP contribution is -2.22. The first-order chi connectivity index (χ1) is 13.5. The third-order valence-corrected chi connectivity index (χ3v) is 4.94. The highest BCUT2D eigenvalue weighted by molar-refractivity contribution is 7.99. The maximum Gasteiger partial charge on any atom is 0.284 e. The second-order valence-corrected chi connectivity index (χ2v) is 6.77. The van der Waals surface area contributed by atoms with Crippen LogP contribution in [0.2, 0.25) is 0 Å². The number of hydrogen-bond donors (Lipinski definition) is 1. The Labute approximate surface area is 164 Å². The van der Waals surface area contributed by atoms with Crippen LogP contribution in [0.3, 0.4) is 0 Å². The molecule has 3 aromatic rings. The largest absolute Gasteiger partial charge is 0.348 e. The van der Waals surface area contributed by atoms with Crippen LogP contribution in [-0.2, 0) is 13.6 Å². The molecule has 0 unspecified atom stereocenters. The molecule has 3 rings (SSSR count). The van der Waals surface area contributed by atoms with Crippen LogP contribution >= 0.6 is 11.8 Å². The molecule has 0 aliphatic rings. The maximum absolute atomic E-state index is 12.4. The Bertz CT molecular complexity index is 1070. The summed E-state index contributed by atoms with van der Waals surface area (Å²) in [6.07, 6.45) is 1.50. The number of hydrogen-bond acceptors (Lipinski definition) is 7. The van der Waals surface area contributed by atoms with Gasteiger partial charge in [-0.25, -0.2) is 0 Å². The van der Waals surface area contributed by atoms with Crippen molar-refractivity contribution in [1.82, 2.24) is 20.1 Å². The predicted octanol–water partition coefficient (Wildman–Crippen LogP) is 2.68. The number of nitro groups is 1. The van der Waals surface area contributed by atoms with Crippen molar-refractivity contribution in [2.24, 2.45) is 7.05 Å². The summed E-state index contributed by atoms with van der Waals surface area (Å²) in [4.78, 5) is 23.7. The lowest BCUT2D eigenvalue weighted by atomic mass is 10.1. The quantitative estimate of drug-likeness (QED) is 0.503. The average Bonchev–Trinajstić information content (AvgIpc) is 3.11. The zero-order valence-electron chi connectivity index (χ0n) is 14.7. The molecule has 0 bridgehead atoms. The molecular weight excluding hydrogens is 380 g/mol. The first-order valence-electron chi connectivity index (χ1n) is 8.05. The van der Waals surface area contributed by atoms with Crippen LogP contribution in [-0.4, -0.2) is 25.6 Å². The summed E-state index contributed by atoms with van der Waals surface area (Å²) in [5.41, 5.74) is 1.35. The third kappa shape index (κ3) is 4.33. The van der Waals surface area contributed by atoms with E-state index in [1.165, 1.54) is 24.5 Å². The van der Waals surface area contributed by atoms with Crippen LogP contribution in [0.4, 0.5) is 5.69 Å². The summed E-state index contributed by atoms with van der Waals surface area (Å²) in [5.74, 6) is -0.428. The lowest BCUT2D eigenvalue weighted by molar-refractivity contribution is -0.387. The van der Waals surface area contributed by atoms with Crippen molar-refractivity contribution < 1.29 is 9.72 Å². The highest BCUT2D eigenvalue weighted by Gasteiger charge is 2.20. The van der Waals surface area contributed by atoms with E-state index in [4.69, 9.17) is 5.26 Å². The first-order valence-corrected chi connectivity index (χ1v) is 8.87. The van der Waals surface area contributed by atoms with E-state index in [-0.39, 0.29) is 17.8 Å². The van der Waals surface area contributed by atoms with Gasteiger partial charge in [0, 0.05) is 25.2 Å². The van der Waals surface area contributed by atoms with Gasteiger partial charge in [0.25, 0.3) is 11.6 Å². The number of amides is 1. The molecule has 2 aromatic carbocycles. The van der Waals surface area contributed by atoms with E-state index in [1.807, 2.05) is 6.07 Å². The summed E-state index contributed by atoms with van der Waals surface area (Å²) < 4.78 is 1.65. The SMILES string of the molecule is Cn1cnnc1Sc1ccc(C(=O)NCc2ccc(C#N)cc2)cc1[N+](=O)[O-]. The number of nitro benzene ring substituents is 1. The Morgan fingerprint density at radius 2 is 2.07 bits per heavy atom. The van der Waals surface area contributed by atoms with Crippen LogP contribution in [0.25, 0.3) is 0 Å². The Morgan fingerprint density at radius 1 is 1.32 bits per heavy atom. The van der Waals surface area contributed by atoms with E-state index < -0.39 is 10.8 Å². The number of benzene rings is 2. The van der Waals surface area contributed by atoms with Crippen molar-refractivity contribution >= 4 is 23.4 Å². The highest BCUT2D eigenvalue weighted by Crippen LogP contribution is 2.34. The maximum atomic E-state index is 12.4. The topological polar surface area (TPSA) is 127 Å². The van der Waals surface area contributed by atoms with Gasteiger partial charge < -0.3 is 9.88 Å². The number of nitrogens with one attached hydrogen (secondary N) is 1. The number of carbonyl (C=O) groups is 1. The third-order valence-electron chi connectivity index (χ3n) is 3.83. The van der Waals surface area contributed by atoms with Crippen molar-refractivity contribution in [2.45, 2.75) is 16.6 Å². The number of nitriles is 1. The summed E-state index contributed by atoms with van der Waals surface area (Å²) in [6.45, 7) is 0.244. The standard InChI is InChI=1S/C18H14N6O3S/c1-23-11-21-22-18(23)28-16-7-6-14(8-15(16)24(26)27)17(25)20-10-13-4-2-12(9-19)3-5-13/h2-8,11H,10H2,1H3,(H,20,25). The van der Waals surface area contributed by atoms with Gasteiger partial charge in [-0.05, 0) is 41.6 Å². The van der Waals surface area contributed by atoms with Crippen molar-refractivity contribution in [2.75, 3.05) is 0 Å². The molecule has 0 aliphatic carbocycles. The van der Waals surface area contributed by atoms with E-state index in [0.717, 1.165) is 17.3 Å². The van der Waals surface area contributed by atoms with Crippen molar-refractivity contribution in [3.63, 3.8) is 0 Å². The Hall–Kier alpha value is -3.71. The van der Waals surface area contributed by atoms with Gasteiger partial charge in [-0.3, -0.25) is 14.9 Å². The summed E-state index contributed by atoms with van der Waals surface area (Å²) in [7, 11) is 1.74. The van der Waals surface area contributed by atoms with Crippen LogP contribution < -0.4 is 5.32 Å². The minimum Gasteiger partial charge on any atom is -0.348 e. The van der Waals surface area contributed by atoms with Gasteiger partial charge in [0.2, 0.25) is 0 Å². The second-order valence-electron chi connectivity index (χ2n) is 5.76. The van der Waals surface area contributed by atoms with Crippen LogP contribution in [0.1, 0.15) is 21.5 Å². The van der Waals surface area contributed by atoms with Gasteiger partial charge in [0.15, 0.2) is 5.16 Å². The smallest absolute Gasteiger partial charge is 0.284 e. The molecule has 9 nitrogen and oxygen atoms in total. The van der Waals surface area contributed by atoms with Crippen molar-refractivity contribution in [3.8, 4) is 6.07 Å². The fraction of sp³-hybridized carbons (Fsp3) is 0.111. The van der Waals surface area contributed by atoms with Gasteiger partial charge in [0.1, 0.15) is 6.33 Å².